The van der Waals surface area contributed by atoms with Crippen LogP contribution in [0.25, 0.3) is 0 Å². The van der Waals surface area contributed by atoms with Gasteiger partial charge < -0.3 is 14.8 Å². The van der Waals surface area contributed by atoms with Gasteiger partial charge in [0.2, 0.25) is 0 Å². The van der Waals surface area contributed by atoms with E-state index in [0.29, 0.717) is 40.5 Å². The first kappa shape index (κ1) is 21.2. The van der Waals surface area contributed by atoms with Gasteiger partial charge in [-0.3, -0.25) is 4.79 Å². The molecule has 1 heterocycles. The lowest BCUT2D eigenvalue weighted by Crippen LogP contribution is -2.36. The summed E-state index contributed by atoms with van der Waals surface area (Å²) in [6.45, 7) is 1.84. The molecule has 5 nitrogen and oxygen atoms in total. The van der Waals surface area contributed by atoms with Crippen molar-refractivity contribution in [2.45, 2.75) is 31.6 Å². The van der Waals surface area contributed by atoms with Gasteiger partial charge in [-0.2, -0.15) is 0 Å². The standard InChI is InChI=1S/C25H24ClNO4/c1-14-22(25(29)31-3)23(17-9-5-7-11-21(17)30-2)24-19(27-14)12-15(13-20(24)28)16-8-4-6-10-18(16)26/h4-11,15,23,27H,12-13H2,1-3H3/t15-,23-/m0/s1. The van der Waals surface area contributed by atoms with Crippen LogP contribution in [0, 0.1) is 0 Å². The van der Waals surface area contributed by atoms with Crippen molar-refractivity contribution in [3.8, 4) is 5.75 Å². The number of carbonyl (C=O) groups excluding carboxylic acids is 2. The fourth-order valence-electron chi connectivity index (χ4n) is 4.66. The minimum Gasteiger partial charge on any atom is -0.496 e. The van der Waals surface area contributed by atoms with E-state index in [-0.39, 0.29) is 11.7 Å². The lowest BCUT2D eigenvalue weighted by molar-refractivity contribution is -0.136. The lowest BCUT2D eigenvalue weighted by atomic mass is 9.71. The smallest absolute Gasteiger partial charge is 0.336 e. The van der Waals surface area contributed by atoms with E-state index in [1.165, 1.54) is 7.11 Å². The van der Waals surface area contributed by atoms with Crippen molar-refractivity contribution in [1.29, 1.82) is 0 Å². The van der Waals surface area contributed by atoms with E-state index >= 15 is 0 Å². The zero-order valence-corrected chi connectivity index (χ0v) is 18.5. The first-order valence-corrected chi connectivity index (χ1v) is 10.5. The van der Waals surface area contributed by atoms with Gasteiger partial charge in [0.05, 0.1) is 25.7 Å². The van der Waals surface area contributed by atoms with Gasteiger partial charge in [0.25, 0.3) is 0 Å². The molecule has 160 valence electrons. The maximum absolute atomic E-state index is 13.5. The fraction of sp³-hybridized carbons (Fsp3) is 0.280. The normalized spacial score (nSPS) is 20.8. The first-order valence-electron chi connectivity index (χ1n) is 10.2. The van der Waals surface area contributed by atoms with Gasteiger partial charge in [-0.05, 0) is 37.0 Å². The Morgan fingerprint density at radius 1 is 1.03 bits per heavy atom. The molecule has 2 aromatic rings. The number of hydrogen-bond acceptors (Lipinski definition) is 5. The van der Waals surface area contributed by atoms with Gasteiger partial charge >= 0.3 is 5.97 Å². The molecular formula is C25H24ClNO4. The topological polar surface area (TPSA) is 64.6 Å². The van der Waals surface area contributed by atoms with Crippen molar-refractivity contribution in [2.75, 3.05) is 14.2 Å². The summed E-state index contributed by atoms with van der Waals surface area (Å²) >= 11 is 6.42. The van der Waals surface area contributed by atoms with E-state index in [9.17, 15) is 9.59 Å². The fourth-order valence-corrected chi connectivity index (χ4v) is 4.95. The molecule has 2 aromatic carbocycles. The third-order valence-electron chi connectivity index (χ3n) is 6.03. The molecule has 0 unspecified atom stereocenters. The van der Waals surface area contributed by atoms with E-state index < -0.39 is 11.9 Å². The second-order valence-corrected chi connectivity index (χ2v) is 8.18. The van der Waals surface area contributed by atoms with Crippen LogP contribution < -0.4 is 10.1 Å². The summed E-state index contributed by atoms with van der Waals surface area (Å²) in [6.07, 6.45) is 0.950. The summed E-state index contributed by atoms with van der Waals surface area (Å²) in [5.74, 6) is -0.439. The van der Waals surface area contributed by atoms with Crippen LogP contribution in [-0.2, 0) is 14.3 Å². The molecule has 0 saturated heterocycles. The number of methoxy groups -OCH3 is 2. The Morgan fingerprint density at radius 2 is 1.71 bits per heavy atom. The second kappa shape index (κ2) is 8.60. The molecule has 6 heteroatoms. The minimum absolute atomic E-state index is 0.0107. The predicted molar refractivity (Wildman–Crippen MR) is 119 cm³/mol. The van der Waals surface area contributed by atoms with Crippen molar-refractivity contribution in [3.63, 3.8) is 0 Å². The van der Waals surface area contributed by atoms with Crippen LogP contribution in [0.5, 0.6) is 5.75 Å². The summed E-state index contributed by atoms with van der Waals surface area (Å²) in [5, 5.41) is 3.98. The summed E-state index contributed by atoms with van der Waals surface area (Å²) < 4.78 is 10.6. The number of nitrogens with one attached hydrogen (secondary N) is 1. The van der Waals surface area contributed by atoms with E-state index in [1.54, 1.807) is 7.11 Å². The molecule has 0 bridgehead atoms. The number of carbonyl (C=O) groups is 2. The molecule has 1 aliphatic carbocycles. The predicted octanol–water partition coefficient (Wildman–Crippen LogP) is 4.88. The van der Waals surface area contributed by atoms with Crippen LogP contribution in [0.3, 0.4) is 0 Å². The van der Waals surface area contributed by atoms with Crippen LogP contribution >= 0.6 is 11.6 Å². The van der Waals surface area contributed by atoms with Gasteiger partial charge in [0.1, 0.15) is 5.75 Å². The first-order chi connectivity index (χ1) is 15.0. The summed E-state index contributed by atoms with van der Waals surface area (Å²) in [4.78, 5) is 26.3. The molecule has 0 radical (unpaired) electrons. The largest absolute Gasteiger partial charge is 0.496 e. The number of hydrogen-bond donors (Lipinski definition) is 1. The Labute approximate surface area is 186 Å². The Bertz CT molecular complexity index is 1120. The van der Waals surface area contributed by atoms with E-state index in [2.05, 4.69) is 5.32 Å². The molecule has 0 amide bonds. The number of Topliss-reactive ketones (excluding diaryl/α,β-unsaturated/α-hetero) is 1. The zero-order chi connectivity index (χ0) is 22.1. The Hall–Kier alpha value is -3.05. The van der Waals surface area contributed by atoms with Crippen molar-refractivity contribution < 1.29 is 19.1 Å². The third-order valence-corrected chi connectivity index (χ3v) is 6.37. The van der Waals surface area contributed by atoms with Gasteiger partial charge in [0.15, 0.2) is 5.78 Å². The monoisotopic (exact) mass is 437 g/mol. The van der Waals surface area contributed by atoms with E-state index in [1.807, 2.05) is 55.5 Å². The highest BCUT2D eigenvalue weighted by atomic mass is 35.5. The number of dihydropyridines is 1. The van der Waals surface area contributed by atoms with Crippen molar-refractivity contribution in [1.82, 2.24) is 5.32 Å². The van der Waals surface area contributed by atoms with Crippen LogP contribution in [0.4, 0.5) is 0 Å². The Balaban J connectivity index is 1.86. The van der Waals surface area contributed by atoms with Crippen molar-refractivity contribution >= 4 is 23.4 Å². The number of halogens is 1. The average molecular weight is 438 g/mol. The molecule has 0 saturated carbocycles. The van der Waals surface area contributed by atoms with Crippen LogP contribution in [-0.4, -0.2) is 26.0 Å². The summed E-state index contributed by atoms with van der Waals surface area (Å²) in [6, 6.07) is 15.1. The Kier molecular flexibility index (Phi) is 5.88. The number of benzene rings is 2. The van der Waals surface area contributed by atoms with Crippen molar-refractivity contribution in [3.05, 3.63) is 87.2 Å². The zero-order valence-electron chi connectivity index (χ0n) is 17.7. The highest BCUT2D eigenvalue weighted by molar-refractivity contribution is 6.31. The molecule has 0 spiro atoms. The molecule has 0 aromatic heterocycles. The number of para-hydroxylation sites is 1. The molecule has 1 N–H and O–H groups in total. The third kappa shape index (κ3) is 3.74. The summed E-state index contributed by atoms with van der Waals surface area (Å²) in [7, 11) is 2.93. The van der Waals surface area contributed by atoms with Crippen molar-refractivity contribution in [2.24, 2.45) is 0 Å². The molecule has 2 atom stereocenters. The number of allylic oxidation sites excluding steroid dienone is 3. The Morgan fingerprint density at radius 3 is 2.39 bits per heavy atom. The molecule has 4 rings (SSSR count). The van der Waals surface area contributed by atoms with E-state index in [4.69, 9.17) is 21.1 Å². The van der Waals surface area contributed by atoms with Gasteiger partial charge in [-0.15, -0.1) is 0 Å². The van der Waals surface area contributed by atoms with Crippen LogP contribution in [0.2, 0.25) is 5.02 Å². The molecule has 0 fully saturated rings. The summed E-state index contributed by atoms with van der Waals surface area (Å²) in [5.41, 5.74) is 4.24. The number of rotatable bonds is 4. The SMILES string of the molecule is COC(=O)C1=C(C)NC2=C(C(=O)C[C@@H](c3ccccc3Cl)C2)[C@H]1c1ccccc1OC. The van der Waals surface area contributed by atoms with E-state index in [0.717, 1.165) is 16.8 Å². The molecule has 1 aliphatic heterocycles. The van der Waals surface area contributed by atoms with Gasteiger partial charge in [-0.25, -0.2) is 4.79 Å². The maximum Gasteiger partial charge on any atom is 0.336 e. The molecular weight excluding hydrogens is 414 g/mol. The van der Waals surface area contributed by atoms with Gasteiger partial charge in [-0.1, -0.05) is 48.0 Å². The number of ether oxygens (including phenoxy) is 2. The average Bonchev–Trinajstić information content (AvgIpc) is 2.77. The number of ketones is 1. The molecule has 31 heavy (non-hydrogen) atoms. The lowest BCUT2D eigenvalue weighted by Gasteiger charge is -2.37. The molecule has 2 aliphatic rings. The van der Waals surface area contributed by atoms with Crippen LogP contribution in [0.15, 0.2) is 71.1 Å². The quantitative estimate of drug-likeness (QED) is 0.690. The second-order valence-electron chi connectivity index (χ2n) is 7.77. The highest BCUT2D eigenvalue weighted by Crippen LogP contribution is 2.48. The van der Waals surface area contributed by atoms with Crippen LogP contribution in [0.1, 0.15) is 42.7 Å². The minimum atomic E-state index is -0.556. The number of esters is 1. The maximum atomic E-state index is 13.5. The van der Waals surface area contributed by atoms with Gasteiger partial charge in [0, 0.05) is 34.0 Å². The highest BCUT2D eigenvalue weighted by Gasteiger charge is 2.42.